The minimum Gasteiger partial charge on any atom is -0.260 e. The van der Waals surface area contributed by atoms with E-state index in [2.05, 4.69) is 42.2 Å². The Balaban J connectivity index is 0.000000461. The van der Waals surface area contributed by atoms with Crippen LogP contribution in [0.2, 0.25) is 5.02 Å². The van der Waals surface area contributed by atoms with Gasteiger partial charge in [-0.25, -0.2) is 0 Å². The second-order valence-corrected chi connectivity index (χ2v) is 2.49. The standard InChI is InChI=1S/C7H8ClN.I2/c1-5-3-7(8)6(2)9-4-5;1-2/h3-4H,1-2H3;. The number of pyridine rings is 1. The van der Waals surface area contributed by atoms with Crippen molar-refractivity contribution in [2.75, 3.05) is 0 Å². The fourth-order valence-electron chi connectivity index (χ4n) is 0.602. The van der Waals surface area contributed by atoms with Gasteiger partial charge in [-0.3, -0.25) is 4.98 Å². The molecule has 62 valence electrons. The molecule has 4 heteroatoms. The SMILES string of the molecule is Cc1cnc(C)c(Cl)c1.II. The van der Waals surface area contributed by atoms with Crippen LogP contribution in [0.3, 0.4) is 0 Å². The molecule has 0 aliphatic heterocycles. The summed E-state index contributed by atoms with van der Waals surface area (Å²) < 4.78 is 0. The molecule has 1 heterocycles. The van der Waals surface area contributed by atoms with Crippen LogP contribution in [0.25, 0.3) is 0 Å². The number of hydrogen-bond acceptors (Lipinski definition) is 1. The van der Waals surface area contributed by atoms with E-state index in [-0.39, 0.29) is 0 Å². The Kier molecular flexibility index (Phi) is 6.94. The van der Waals surface area contributed by atoms with Crippen LogP contribution in [0.1, 0.15) is 11.3 Å². The molecular weight excluding hydrogens is 387 g/mol. The summed E-state index contributed by atoms with van der Waals surface area (Å²) in [4.78, 5) is 4.05. The zero-order chi connectivity index (χ0) is 8.85. The second kappa shape index (κ2) is 6.42. The molecular formula is C7H8ClI2N. The Labute approximate surface area is 95.3 Å². The van der Waals surface area contributed by atoms with E-state index in [1.54, 1.807) is 6.20 Å². The van der Waals surface area contributed by atoms with E-state index < -0.39 is 0 Å². The van der Waals surface area contributed by atoms with Crippen LogP contribution >= 0.6 is 48.8 Å². The lowest BCUT2D eigenvalue weighted by molar-refractivity contribution is 1.17. The van der Waals surface area contributed by atoms with Crippen molar-refractivity contribution < 1.29 is 0 Å². The fraction of sp³-hybridized carbons (Fsp3) is 0.286. The highest BCUT2D eigenvalue weighted by Crippen LogP contribution is 2.12. The van der Waals surface area contributed by atoms with Crippen LogP contribution in [-0.4, -0.2) is 4.98 Å². The molecule has 0 amide bonds. The van der Waals surface area contributed by atoms with Gasteiger partial charge in [0.15, 0.2) is 0 Å². The number of halogens is 3. The quantitative estimate of drug-likeness (QED) is 0.602. The molecule has 0 saturated heterocycles. The number of hydrogen-bond donors (Lipinski definition) is 0. The first-order chi connectivity index (χ1) is 5.20. The number of aromatic nitrogens is 1. The van der Waals surface area contributed by atoms with Gasteiger partial charge in [-0.2, -0.15) is 0 Å². The highest BCUT2D eigenvalue weighted by molar-refractivity contribution is 15.0. The average Bonchev–Trinajstić information content (AvgIpc) is 2.02. The molecule has 0 bridgehead atoms. The summed E-state index contributed by atoms with van der Waals surface area (Å²) >= 11 is 9.99. The topological polar surface area (TPSA) is 12.9 Å². The Morgan fingerprint density at radius 2 is 1.91 bits per heavy atom. The summed E-state index contributed by atoms with van der Waals surface area (Å²) in [5.74, 6) is 0. The van der Waals surface area contributed by atoms with E-state index in [1.807, 2.05) is 19.9 Å². The van der Waals surface area contributed by atoms with Crippen molar-refractivity contribution in [3.63, 3.8) is 0 Å². The maximum absolute atomic E-state index is 5.75. The monoisotopic (exact) mass is 395 g/mol. The van der Waals surface area contributed by atoms with E-state index in [0.29, 0.717) is 0 Å². The van der Waals surface area contributed by atoms with Crippen molar-refractivity contribution in [2.45, 2.75) is 13.8 Å². The van der Waals surface area contributed by atoms with Crippen LogP contribution in [0.4, 0.5) is 0 Å². The summed E-state index contributed by atoms with van der Waals surface area (Å²) in [7, 11) is 0. The number of aryl methyl sites for hydroxylation is 2. The molecule has 1 nitrogen and oxygen atoms in total. The van der Waals surface area contributed by atoms with Gasteiger partial charge in [0.05, 0.1) is 10.7 Å². The van der Waals surface area contributed by atoms with Gasteiger partial charge >= 0.3 is 0 Å². The van der Waals surface area contributed by atoms with E-state index in [0.717, 1.165) is 16.3 Å². The number of rotatable bonds is 0. The summed E-state index contributed by atoms with van der Waals surface area (Å²) in [6.07, 6.45) is 1.81. The van der Waals surface area contributed by atoms with Crippen molar-refractivity contribution in [1.29, 1.82) is 0 Å². The van der Waals surface area contributed by atoms with E-state index in [1.165, 1.54) is 0 Å². The van der Waals surface area contributed by atoms with Gasteiger partial charge in [0, 0.05) is 43.4 Å². The molecule has 1 aromatic heterocycles. The van der Waals surface area contributed by atoms with Crippen LogP contribution in [-0.2, 0) is 0 Å². The maximum atomic E-state index is 5.75. The summed E-state index contributed by atoms with van der Waals surface area (Å²) in [5, 5.41) is 0.745. The zero-order valence-corrected chi connectivity index (χ0v) is 11.3. The van der Waals surface area contributed by atoms with Gasteiger partial charge in [0.25, 0.3) is 0 Å². The molecule has 0 spiro atoms. The van der Waals surface area contributed by atoms with E-state index >= 15 is 0 Å². The molecule has 1 rings (SSSR count). The highest BCUT2D eigenvalue weighted by Gasteiger charge is 1.92. The molecule has 0 aliphatic rings. The van der Waals surface area contributed by atoms with Crippen LogP contribution in [0.5, 0.6) is 0 Å². The van der Waals surface area contributed by atoms with Gasteiger partial charge in [-0.1, -0.05) is 11.6 Å². The lowest BCUT2D eigenvalue weighted by Gasteiger charge is -1.95. The Morgan fingerprint density at radius 1 is 1.36 bits per heavy atom. The molecule has 0 aliphatic carbocycles. The molecule has 11 heavy (non-hydrogen) atoms. The van der Waals surface area contributed by atoms with Gasteiger partial charge in [0.1, 0.15) is 0 Å². The molecule has 1 aromatic rings. The third kappa shape index (κ3) is 4.47. The lowest BCUT2D eigenvalue weighted by atomic mass is 10.3. The maximum Gasteiger partial charge on any atom is 0.0621 e. The van der Waals surface area contributed by atoms with E-state index in [4.69, 9.17) is 11.6 Å². The van der Waals surface area contributed by atoms with Crippen molar-refractivity contribution in [3.05, 3.63) is 28.5 Å². The summed E-state index contributed by atoms with van der Waals surface area (Å²) in [6.45, 7) is 3.86. The molecule has 0 unspecified atom stereocenters. The van der Waals surface area contributed by atoms with Gasteiger partial charge in [0.2, 0.25) is 0 Å². The predicted molar refractivity (Wildman–Crippen MR) is 66.8 cm³/mol. The van der Waals surface area contributed by atoms with Crippen molar-refractivity contribution >= 4 is 48.8 Å². The first-order valence-electron chi connectivity index (χ1n) is 2.93. The Hall–Kier alpha value is 0.900. The Bertz CT molecular complexity index is 228. The summed E-state index contributed by atoms with van der Waals surface area (Å²) in [5.41, 5.74) is 1.99. The van der Waals surface area contributed by atoms with Crippen LogP contribution < -0.4 is 0 Å². The molecule has 0 fully saturated rings. The molecule has 0 atom stereocenters. The normalized spacial score (nSPS) is 8.45. The first-order valence-corrected chi connectivity index (χ1v) is 9.59. The molecule has 0 saturated carbocycles. The minimum atomic E-state index is 0.745. The molecule has 0 N–H and O–H groups in total. The van der Waals surface area contributed by atoms with Crippen molar-refractivity contribution in [1.82, 2.24) is 4.98 Å². The fourth-order valence-corrected chi connectivity index (χ4v) is 0.823. The van der Waals surface area contributed by atoms with Gasteiger partial charge in [-0.15, -0.1) is 0 Å². The second-order valence-electron chi connectivity index (χ2n) is 2.08. The van der Waals surface area contributed by atoms with Gasteiger partial charge in [-0.05, 0) is 25.5 Å². The lowest BCUT2D eigenvalue weighted by Crippen LogP contribution is -1.82. The highest BCUT2D eigenvalue weighted by atomic mass is 128. The van der Waals surface area contributed by atoms with Gasteiger partial charge < -0.3 is 0 Å². The Morgan fingerprint density at radius 3 is 2.27 bits per heavy atom. The van der Waals surface area contributed by atoms with Crippen molar-refractivity contribution in [3.8, 4) is 0 Å². The zero-order valence-electron chi connectivity index (χ0n) is 6.24. The third-order valence-corrected chi connectivity index (χ3v) is 1.54. The first kappa shape index (κ1) is 11.9. The van der Waals surface area contributed by atoms with Crippen LogP contribution in [0.15, 0.2) is 12.3 Å². The van der Waals surface area contributed by atoms with E-state index in [9.17, 15) is 0 Å². The average molecular weight is 395 g/mol. The summed E-state index contributed by atoms with van der Waals surface area (Å²) in [6, 6.07) is 1.91. The number of nitrogens with zero attached hydrogens (tertiary/aromatic N) is 1. The largest absolute Gasteiger partial charge is 0.260 e. The van der Waals surface area contributed by atoms with Crippen molar-refractivity contribution in [2.24, 2.45) is 0 Å². The minimum absolute atomic E-state index is 0.745. The smallest absolute Gasteiger partial charge is 0.0621 e. The van der Waals surface area contributed by atoms with Crippen LogP contribution in [0, 0.1) is 13.8 Å². The molecule has 0 radical (unpaired) electrons. The third-order valence-electron chi connectivity index (χ3n) is 1.16. The molecule has 0 aromatic carbocycles. The predicted octanol–water partition coefficient (Wildman–Crippen LogP) is 4.12.